The van der Waals surface area contributed by atoms with Gasteiger partial charge in [-0.1, -0.05) is 66.7 Å². The van der Waals surface area contributed by atoms with E-state index in [4.69, 9.17) is 0 Å². The summed E-state index contributed by atoms with van der Waals surface area (Å²) in [6, 6.07) is 23.0. The van der Waals surface area contributed by atoms with Gasteiger partial charge in [0.2, 0.25) is 0 Å². The SMILES string of the molecule is O=C1Cc2ccccc2C(=CS(=O)(=O)c2ccccc2)c2ccccc21. The third-order valence-electron chi connectivity index (χ3n) is 4.52. The first-order valence-corrected chi connectivity index (χ1v) is 9.83. The van der Waals surface area contributed by atoms with E-state index in [9.17, 15) is 13.2 Å². The van der Waals surface area contributed by atoms with Gasteiger partial charge >= 0.3 is 0 Å². The van der Waals surface area contributed by atoms with Crippen molar-refractivity contribution in [1.82, 2.24) is 0 Å². The molecule has 0 spiro atoms. The van der Waals surface area contributed by atoms with E-state index in [-0.39, 0.29) is 17.1 Å². The molecule has 0 radical (unpaired) electrons. The van der Waals surface area contributed by atoms with E-state index in [2.05, 4.69) is 0 Å². The van der Waals surface area contributed by atoms with E-state index in [1.54, 1.807) is 42.5 Å². The third kappa shape index (κ3) is 2.89. The number of hydrogen-bond donors (Lipinski definition) is 0. The average Bonchev–Trinajstić information content (AvgIpc) is 2.78. The molecule has 0 amide bonds. The third-order valence-corrected chi connectivity index (χ3v) is 6.00. The molecule has 3 aromatic carbocycles. The lowest BCUT2D eigenvalue weighted by Crippen LogP contribution is -2.03. The summed E-state index contributed by atoms with van der Waals surface area (Å²) >= 11 is 0. The molecule has 0 N–H and O–H groups in total. The smallest absolute Gasteiger partial charge is 0.200 e. The summed E-state index contributed by atoms with van der Waals surface area (Å²) < 4.78 is 25.9. The van der Waals surface area contributed by atoms with Crippen molar-refractivity contribution in [3.05, 3.63) is 107 Å². The summed E-state index contributed by atoms with van der Waals surface area (Å²) in [4.78, 5) is 12.9. The molecule has 4 heteroatoms. The van der Waals surface area contributed by atoms with Crippen LogP contribution in [0.3, 0.4) is 0 Å². The van der Waals surface area contributed by atoms with Crippen molar-refractivity contribution in [1.29, 1.82) is 0 Å². The van der Waals surface area contributed by atoms with Crippen LogP contribution < -0.4 is 0 Å². The van der Waals surface area contributed by atoms with Crippen molar-refractivity contribution in [2.24, 2.45) is 0 Å². The lowest BCUT2D eigenvalue weighted by atomic mass is 9.95. The Morgan fingerprint density at radius 3 is 2.00 bits per heavy atom. The number of rotatable bonds is 2. The van der Waals surface area contributed by atoms with Crippen LogP contribution in [0.4, 0.5) is 0 Å². The maximum Gasteiger partial charge on any atom is 0.200 e. The van der Waals surface area contributed by atoms with Crippen molar-refractivity contribution in [2.45, 2.75) is 11.3 Å². The number of ketones is 1. The van der Waals surface area contributed by atoms with Crippen LogP contribution in [0.1, 0.15) is 27.0 Å². The van der Waals surface area contributed by atoms with Crippen LogP contribution in [0.15, 0.2) is 89.2 Å². The largest absolute Gasteiger partial charge is 0.294 e. The molecule has 0 aliphatic heterocycles. The number of carbonyl (C=O) groups is 1. The fourth-order valence-corrected chi connectivity index (χ4v) is 4.51. The molecule has 3 nitrogen and oxygen atoms in total. The maximum atomic E-state index is 13.0. The fourth-order valence-electron chi connectivity index (χ4n) is 3.27. The number of hydrogen-bond acceptors (Lipinski definition) is 3. The molecule has 26 heavy (non-hydrogen) atoms. The van der Waals surface area contributed by atoms with Gasteiger partial charge in [0.15, 0.2) is 15.6 Å². The summed E-state index contributed by atoms with van der Waals surface area (Å²) in [5.41, 5.74) is 3.39. The molecule has 4 rings (SSSR count). The van der Waals surface area contributed by atoms with E-state index in [0.717, 1.165) is 11.1 Å². The van der Waals surface area contributed by atoms with Crippen LogP contribution in [-0.2, 0) is 16.3 Å². The molecule has 0 unspecified atom stereocenters. The van der Waals surface area contributed by atoms with Crippen LogP contribution in [-0.4, -0.2) is 14.2 Å². The minimum absolute atomic E-state index is 0.00596. The molecular formula is C22H16O3S. The zero-order valence-corrected chi connectivity index (χ0v) is 14.7. The number of sulfone groups is 1. The molecule has 0 aromatic heterocycles. The standard InChI is InChI=1S/C22H16O3S/c23-22-14-16-8-4-5-11-18(16)21(19-12-6-7-13-20(19)22)15-26(24,25)17-9-2-1-3-10-17/h1-13,15H,14H2. The van der Waals surface area contributed by atoms with Crippen LogP contribution >= 0.6 is 0 Å². The Bertz CT molecular complexity index is 1130. The highest BCUT2D eigenvalue weighted by Crippen LogP contribution is 2.34. The second kappa shape index (κ2) is 6.39. The fraction of sp³-hybridized carbons (Fsp3) is 0.0455. The summed E-state index contributed by atoms with van der Waals surface area (Å²) in [5.74, 6) is -0.00596. The van der Waals surface area contributed by atoms with Gasteiger partial charge in [0.25, 0.3) is 0 Å². The zero-order chi connectivity index (χ0) is 18.1. The first-order chi connectivity index (χ1) is 12.6. The lowest BCUT2D eigenvalue weighted by molar-refractivity contribution is 0.0993. The molecule has 0 saturated heterocycles. The molecule has 3 aromatic rings. The lowest BCUT2D eigenvalue weighted by Gasteiger charge is -2.11. The molecular weight excluding hydrogens is 344 g/mol. The first-order valence-electron chi connectivity index (χ1n) is 8.29. The highest BCUT2D eigenvalue weighted by atomic mass is 32.2. The van der Waals surface area contributed by atoms with Gasteiger partial charge in [-0.15, -0.1) is 0 Å². The van der Waals surface area contributed by atoms with Gasteiger partial charge in [0.05, 0.1) is 4.90 Å². The Morgan fingerprint density at radius 1 is 0.692 bits per heavy atom. The van der Waals surface area contributed by atoms with E-state index in [1.807, 2.05) is 36.4 Å². The highest BCUT2D eigenvalue weighted by Gasteiger charge is 2.25. The zero-order valence-electron chi connectivity index (χ0n) is 13.9. The number of fused-ring (bicyclic) bond motifs is 2. The van der Waals surface area contributed by atoms with Crippen molar-refractivity contribution in [2.75, 3.05) is 0 Å². The highest BCUT2D eigenvalue weighted by molar-refractivity contribution is 7.94. The Kier molecular flexibility index (Phi) is 4.05. The molecule has 128 valence electrons. The van der Waals surface area contributed by atoms with Crippen LogP contribution in [0.25, 0.3) is 5.57 Å². The van der Waals surface area contributed by atoms with Crippen LogP contribution in [0.2, 0.25) is 0 Å². The van der Waals surface area contributed by atoms with Gasteiger partial charge < -0.3 is 0 Å². The summed E-state index contributed by atoms with van der Waals surface area (Å²) in [5, 5.41) is 1.29. The molecule has 0 bridgehead atoms. The second-order valence-corrected chi connectivity index (χ2v) is 7.99. The quantitative estimate of drug-likeness (QED) is 0.685. The molecule has 1 aliphatic rings. The van der Waals surface area contributed by atoms with E-state index in [0.29, 0.717) is 16.7 Å². The molecule has 0 fully saturated rings. The summed E-state index contributed by atoms with van der Waals surface area (Å²) in [6.07, 6.45) is 0.260. The van der Waals surface area contributed by atoms with Gasteiger partial charge in [-0.3, -0.25) is 4.79 Å². The van der Waals surface area contributed by atoms with Crippen molar-refractivity contribution < 1.29 is 13.2 Å². The van der Waals surface area contributed by atoms with Crippen molar-refractivity contribution >= 4 is 21.2 Å². The van der Waals surface area contributed by atoms with Gasteiger partial charge in [-0.25, -0.2) is 8.42 Å². The van der Waals surface area contributed by atoms with Crippen LogP contribution in [0.5, 0.6) is 0 Å². The Balaban J connectivity index is 2.01. The van der Waals surface area contributed by atoms with Crippen molar-refractivity contribution in [3.63, 3.8) is 0 Å². The van der Waals surface area contributed by atoms with Gasteiger partial charge in [-0.05, 0) is 28.8 Å². The predicted octanol–water partition coefficient (Wildman–Crippen LogP) is 4.29. The van der Waals surface area contributed by atoms with Gasteiger partial charge in [-0.2, -0.15) is 0 Å². The van der Waals surface area contributed by atoms with Crippen LogP contribution in [0, 0.1) is 0 Å². The van der Waals surface area contributed by atoms with E-state index < -0.39 is 9.84 Å². The average molecular weight is 360 g/mol. The maximum absolute atomic E-state index is 13.0. The molecule has 1 aliphatic carbocycles. The number of Topliss-reactive ketones (excluding diaryl/α,β-unsaturated/α-hetero) is 1. The minimum atomic E-state index is -3.65. The monoisotopic (exact) mass is 360 g/mol. The summed E-state index contributed by atoms with van der Waals surface area (Å²) in [7, 11) is -3.65. The number of benzene rings is 3. The van der Waals surface area contributed by atoms with Crippen molar-refractivity contribution in [3.8, 4) is 0 Å². The molecule has 0 atom stereocenters. The molecule has 0 heterocycles. The van der Waals surface area contributed by atoms with E-state index >= 15 is 0 Å². The Morgan fingerprint density at radius 2 is 1.27 bits per heavy atom. The minimum Gasteiger partial charge on any atom is -0.294 e. The Hall–Kier alpha value is -2.98. The van der Waals surface area contributed by atoms with E-state index in [1.165, 1.54) is 5.41 Å². The normalized spacial score (nSPS) is 15.2. The van der Waals surface area contributed by atoms with Gasteiger partial charge in [0.1, 0.15) is 0 Å². The topological polar surface area (TPSA) is 51.2 Å². The first kappa shape index (κ1) is 16.5. The Labute approximate surface area is 152 Å². The number of carbonyl (C=O) groups excluding carboxylic acids is 1. The van der Waals surface area contributed by atoms with Gasteiger partial charge in [0, 0.05) is 23.0 Å². The summed E-state index contributed by atoms with van der Waals surface area (Å²) in [6.45, 7) is 0. The molecule has 0 saturated carbocycles. The predicted molar refractivity (Wildman–Crippen MR) is 102 cm³/mol. The second-order valence-electron chi connectivity index (χ2n) is 6.19.